The largest absolute Gasteiger partial charge is 0.469 e. The Kier molecular flexibility index (Phi) is 4.74. The molecule has 0 saturated heterocycles. The van der Waals surface area contributed by atoms with Crippen molar-refractivity contribution in [1.29, 1.82) is 0 Å². The number of para-hydroxylation sites is 1. The number of thiophene rings is 1. The average Bonchev–Trinajstić information content (AvgIpc) is 3.52. The van der Waals surface area contributed by atoms with Gasteiger partial charge in [0.2, 0.25) is 0 Å². The highest BCUT2D eigenvalue weighted by Crippen LogP contribution is 2.31. The van der Waals surface area contributed by atoms with Gasteiger partial charge in [0, 0.05) is 11.1 Å². The number of nitrogens with zero attached hydrogens (tertiary/aromatic N) is 5. The first kappa shape index (κ1) is 17.9. The number of aryl methyl sites for hydroxylation is 1. The fourth-order valence-corrected chi connectivity index (χ4v) is 4.33. The van der Waals surface area contributed by atoms with E-state index in [9.17, 15) is 0 Å². The van der Waals surface area contributed by atoms with Gasteiger partial charge in [-0.1, -0.05) is 35.1 Å². The van der Waals surface area contributed by atoms with Gasteiger partial charge in [-0.25, -0.2) is 0 Å². The van der Waals surface area contributed by atoms with Gasteiger partial charge in [-0.2, -0.15) is 16.3 Å². The molecule has 5 rings (SSSR count). The standard InChI is InChI=1S/C20H15N5O2S2/c1-13-16(7-9-26-13)18-22-23-20(25(18)15-5-3-2-4-6-15)29-12-17-21-19(27-24-17)14-8-10-28-11-14/h2-11H,12H2,1H3. The Morgan fingerprint density at radius 1 is 1.10 bits per heavy atom. The van der Waals surface area contributed by atoms with Crippen LogP contribution in [0, 0.1) is 6.92 Å². The summed E-state index contributed by atoms with van der Waals surface area (Å²) in [5.41, 5.74) is 2.82. The third-order valence-electron chi connectivity index (χ3n) is 4.31. The minimum absolute atomic E-state index is 0.517. The van der Waals surface area contributed by atoms with Crippen molar-refractivity contribution in [3.8, 4) is 28.5 Å². The van der Waals surface area contributed by atoms with Crippen LogP contribution in [0.5, 0.6) is 0 Å². The van der Waals surface area contributed by atoms with Gasteiger partial charge in [0.05, 0.1) is 23.1 Å². The molecule has 9 heteroatoms. The molecule has 0 bridgehead atoms. The van der Waals surface area contributed by atoms with Gasteiger partial charge in [0.25, 0.3) is 5.89 Å². The van der Waals surface area contributed by atoms with Crippen LogP contribution in [0.4, 0.5) is 0 Å². The molecule has 4 heterocycles. The highest BCUT2D eigenvalue weighted by molar-refractivity contribution is 7.98. The highest BCUT2D eigenvalue weighted by atomic mass is 32.2. The predicted octanol–water partition coefficient (Wildman–Crippen LogP) is 5.24. The first-order chi connectivity index (χ1) is 14.3. The first-order valence-corrected chi connectivity index (χ1v) is 10.8. The Morgan fingerprint density at radius 2 is 2.00 bits per heavy atom. The lowest BCUT2D eigenvalue weighted by Crippen LogP contribution is -2.00. The SMILES string of the molecule is Cc1occc1-c1nnc(SCc2noc(-c3ccsc3)n2)n1-c1ccccc1. The summed E-state index contributed by atoms with van der Waals surface area (Å²) in [6.45, 7) is 1.91. The fourth-order valence-electron chi connectivity index (χ4n) is 2.91. The number of furan rings is 1. The maximum absolute atomic E-state index is 5.47. The predicted molar refractivity (Wildman–Crippen MR) is 111 cm³/mol. The molecular weight excluding hydrogens is 406 g/mol. The molecule has 0 amide bonds. The van der Waals surface area contributed by atoms with E-state index in [2.05, 4.69) is 20.3 Å². The topological polar surface area (TPSA) is 82.8 Å². The Balaban J connectivity index is 1.46. The maximum Gasteiger partial charge on any atom is 0.258 e. The average molecular weight is 422 g/mol. The van der Waals surface area contributed by atoms with Crippen molar-refractivity contribution in [2.75, 3.05) is 0 Å². The molecule has 0 unspecified atom stereocenters. The van der Waals surface area contributed by atoms with Crippen molar-refractivity contribution in [2.45, 2.75) is 17.8 Å². The molecule has 29 heavy (non-hydrogen) atoms. The first-order valence-electron chi connectivity index (χ1n) is 8.83. The molecule has 7 nitrogen and oxygen atoms in total. The van der Waals surface area contributed by atoms with Gasteiger partial charge >= 0.3 is 0 Å². The van der Waals surface area contributed by atoms with E-state index in [0.717, 1.165) is 33.6 Å². The Labute approximate surface area is 174 Å². The second kappa shape index (κ2) is 7.69. The number of aromatic nitrogens is 5. The molecular formula is C20H15N5O2S2. The molecule has 0 radical (unpaired) electrons. The molecule has 5 aromatic rings. The summed E-state index contributed by atoms with van der Waals surface area (Å²) in [5.74, 6) is 3.19. The molecule has 1 aromatic carbocycles. The molecule has 0 aliphatic rings. The second-order valence-electron chi connectivity index (χ2n) is 6.18. The zero-order valence-corrected chi connectivity index (χ0v) is 17.0. The molecule has 0 N–H and O–H groups in total. The lowest BCUT2D eigenvalue weighted by Gasteiger charge is -2.09. The maximum atomic E-state index is 5.47. The molecule has 144 valence electrons. The Hall–Kier alpha value is -3.17. The number of hydrogen-bond acceptors (Lipinski definition) is 8. The smallest absolute Gasteiger partial charge is 0.258 e. The van der Waals surface area contributed by atoms with Crippen LogP contribution in [0.1, 0.15) is 11.6 Å². The van der Waals surface area contributed by atoms with Crippen LogP contribution < -0.4 is 0 Å². The summed E-state index contributed by atoms with van der Waals surface area (Å²) in [6, 6.07) is 13.9. The van der Waals surface area contributed by atoms with Crippen molar-refractivity contribution in [2.24, 2.45) is 0 Å². The van der Waals surface area contributed by atoms with Crippen LogP contribution in [-0.2, 0) is 5.75 Å². The normalized spacial score (nSPS) is 11.2. The monoisotopic (exact) mass is 421 g/mol. The van der Waals surface area contributed by atoms with Crippen LogP contribution in [0.25, 0.3) is 28.5 Å². The lowest BCUT2D eigenvalue weighted by atomic mass is 10.2. The zero-order valence-electron chi connectivity index (χ0n) is 15.3. The summed E-state index contributed by atoms with van der Waals surface area (Å²) in [5, 5.41) is 17.6. The van der Waals surface area contributed by atoms with Gasteiger partial charge in [-0.3, -0.25) is 4.57 Å². The van der Waals surface area contributed by atoms with E-state index in [0.29, 0.717) is 17.5 Å². The number of rotatable bonds is 6. The lowest BCUT2D eigenvalue weighted by molar-refractivity contribution is 0.425. The third kappa shape index (κ3) is 3.50. The van der Waals surface area contributed by atoms with E-state index < -0.39 is 0 Å². The highest BCUT2D eigenvalue weighted by Gasteiger charge is 2.19. The van der Waals surface area contributed by atoms with Gasteiger partial charge in [-0.15, -0.1) is 10.2 Å². The van der Waals surface area contributed by atoms with Gasteiger partial charge in [0.1, 0.15) is 5.76 Å². The minimum atomic E-state index is 0.517. The Morgan fingerprint density at radius 3 is 2.76 bits per heavy atom. The molecule has 0 aliphatic heterocycles. The number of hydrogen-bond donors (Lipinski definition) is 0. The number of thioether (sulfide) groups is 1. The van der Waals surface area contributed by atoms with Crippen molar-refractivity contribution < 1.29 is 8.94 Å². The van der Waals surface area contributed by atoms with E-state index in [1.54, 1.807) is 17.6 Å². The number of benzene rings is 1. The molecule has 0 spiro atoms. The van der Waals surface area contributed by atoms with Crippen LogP contribution in [0.3, 0.4) is 0 Å². The summed E-state index contributed by atoms with van der Waals surface area (Å²) in [7, 11) is 0. The van der Waals surface area contributed by atoms with Crippen LogP contribution >= 0.6 is 23.1 Å². The van der Waals surface area contributed by atoms with Crippen LogP contribution in [-0.4, -0.2) is 24.9 Å². The van der Waals surface area contributed by atoms with Crippen LogP contribution in [0.2, 0.25) is 0 Å². The zero-order chi connectivity index (χ0) is 19.6. The molecule has 4 aromatic heterocycles. The molecule has 0 atom stereocenters. The molecule has 0 aliphatic carbocycles. The van der Waals surface area contributed by atoms with Gasteiger partial charge in [-0.05, 0) is 36.6 Å². The van der Waals surface area contributed by atoms with Gasteiger partial charge in [0.15, 0.2) is 16.8 Å². The van der Waals surface area contributed by atoms with Gasteiger partial charge < -0.3 is 8.94 Å². The minimum Gasteiger partial charge on any atom is -0.469 e. The fraction of sp³-hybridized carbons (Fsp3) is 0.100. The summed E-state index contributed by atoms with van der Waals surface area (Å²) in [6.07, 6.45) is 1.66. The molecule has 0 saturated carbocycles. The van der Waals surface area contributed by atoms with Crippen LogP contribution in [0.15, 0.2) is 73.6 Å². The summed E-state index contributed by atoms with van der Waals surface area (Å²) >= 11 is 3.10. The van der Waals surface area contributed by atoms with E-state index in [-0.39, 0.29) is 0 Å². The van der Waals surface area contributed by atoms with Crippen molar-refractivity contribution in [3.05, 3.63) is 71.1 Å². The van der Waals surface area contributed by atoms with Crippen molar-refractivity contribution in [1.82, 2.24) is 24.9 Å². The second-order valence-corrected chi connectivity index (χ2v) is 7.91. The Bertz CT molecular complexity index is 1230. The summed E-state index contributed by atoms with van der Waals surface area (Å²) < 4.78 is 12.9. The van der Waals surface area contributed by atoms with Crippen molar-refractivity contribution >= 4 is 23.1 Å². The summed E-state index contributed by atoms with van der Waals surface area (Å²) in [4.78, 5) is 4.48. The molecule has 0 fully saturated rings. The van der Waals surface area contributed by atoms with Crippen molar-refractivity contribution in [3.63, 3.8) is 0 Å². The van der Waals surface area contributed by atoms with E-state index >= 15 is 0 Å². The van der Waals surface area contributed by atoms with E-state index in [1.807, 2.05) is 64.7 Å². The third-order valence-corrected chi connectivity index (χ3v) is 5.92. The van der Waals surface area contributed by atoms with E-state index in [1.165, 1.54) is 11.8 Å². The van der Waals surface area contributed by atoms with E-state index in [4.69, 9.17) is 8.94 Å². The quantitative estimate of drug-likeness (QED) is 0.347.